The summed E-state index contributed by atoms with van der Waals surface area (Å²) in [4.78, 5) is 14.7. The minimum absolute atomic E-state index is 0. The summed E-state index contributed by atoms with van der Waals surface area (Å²) in [6, 6.07) is 10.5. The van der Waals surface area contributed by atoms with E-state index in [0.717, 1.165) is 0 Å². The largest absolute Gasteiger partial charge is 0.320 e. The number of rotatable bonds is 5. The summed E-state index contributed by atoms with van der Waals surface area (Å²) in [6.07, 6.45) is 0.551. The molecule has 2 aromatic rings. The molecule has 2 aromatic carbocycles. The van der Waals surface area contributed by atoms with Crippen LogP contribution in [0.25, 0.3) is 0 Å². The summed E-state index contributed by atoms with van der Waals surface area (Å²) in [5, 5.41) is 3.05. The molecule has 26 heavy (non-hydrogen) atoms. The zero-order valence-corrected chi connectivity index (χ0v) is 15.9. The standard InChI is InChI=1S/C20H22F2N2O.ClH/c1-20(2)15-8-5-9-16(22)18(15)24(19(20)25)17(10-11-23-3)13-6-4-7-14(21)12-13;/h4-9,12,17,23H,10-11H2,1-3H3;1H/t17-;/m0./s1. The Morgan fingerprint density at radius 2 is 1.85 bits per heavy atom. The fourth-order valence-corrected chi connectivity index (χ4v) is 3.52. The van der Waals surface area contributed by atoms with Crippen molar-refractivity contribution in [3.63, 3.8) is 0 Å². The van der Waals surface area contributed by atoms with Crippen LogP contribution in [0.3, 0.4) is 0 Å². The fourth-order valence-electron chi connectivity index (χ4n) is 3.52. The Hall–Kier alpha value is -1.98. The van der Waals surface area contributed by atoms with Gasteiger partial charge in [-0.2, -0.15) is 0 Å². The van der Waals surface area contributed by atoms with Gasteiger partial charge in [-0.05, 0) is 63.2 Å². The maximum Gasteiger partial charge on any atom is 0.237 e. The van der Waals surface area contributed by atoms with Gasteiger partial charge in [0.25, 0.3) is 0 Å². The first kappa shape index (κ1) is 20.3. The molecule has 6 heteroatoms. The van der Waals surface area contributed by atoms with E-state index in [4.69, 9.17) is 0 Å². The number of carbonyl (C=O) groups excluding carboxylic acids is 1. The summed E-state index contributed by atoms with van der Waals surface area (Å²) in [6.45, 7) is 4.22. The van der Waals surface area contributed by atoms with Crippen molar-refractivity contribution in [2.75, 3.05) is 18.5 Å². The molecule has 0 saturated carbocycles. The van der Waals surface area contributed by atoms with Crippen LogP contribution in [0, 0.1) is 11.6 Å². The van der Waals surface area contributed by atoms with E-state index in [1.807, 2.05) is 7.05 Å². The average Bonchev–Trinajstić information content (AvgIpc) is 2.78. The van der Waals surface area contributed by atoms with Crippen molar-refractivity contribution in [1.82, 2.24) is 5.32 Å². The number of fused-ring (bicyclic) bond motifs is 1. The second kappa shape index (κ2) is 7.72. The van der Waals surface area contributed by atoms with Crippen molar-refractivity contribution in [2.24, 2.45) is 0 Å². The third-order valence-corrected chi connectivity index (χ3v) is 4.87. The fraction of sp³-hybridized carbons (Fsp3) is 0.350. The number of benzene rings is 2. The van der Waals surface area contributed by atoms with E-state index in [1.165, 1.54) is 23.1 Å². The van der Waals surface area contributed by atoms with Crippen LogP contribution in [0.4, 0.5) is 14.5 Å². The molecule has 140 valence electrons. The molecule has 0 unspecified atom stereocenters. The van der Waals surface area contributed by atoms with Crippen molar-refractivity contribution >= 4 is 24.0 Å². The minimum atomic E-state index is -0.817. The van der Waals surface area contributed by atoms with E-state index >= 15 is 0 Å². The highest BCUT2D eigenvalue weighted by Gasteiger charge is 2.47. The molecular weight excluding hydrogens is 358 g/mol. The van der Waals surface area contributed by atoms with E-state index in [2.05, 4.69) is 5.32 Å². The summed E-state index contributed by atoms with van der Waals surface area (Å²) in [7, 11) is 1.81. The number of amides is 1. The third-order valence-electron chi connectivity index (χ3n) is 4.87. The van der Waals surface area contributed by atoms with Crippen LogP contribution in [-0.4, -0.2) is 19.5 Å². The molecule has 0 bridgehead atoms. The average molecular weight is 381 g/mol. The van der Waals surface area contributed by atoms with Crippen LogP contribution in [-0.2, 0) is 10.2 Å². The third kappa shape index (κ3) is 3.33. The monoisotopic (exact) mass is 380 g/mol. The maximum atomic E-state index is 14.7. The van der Waals surface area contributed by atoms with Gasteiger partial charge in [-0.3, -0.25) is 4.79 Å². The maximum absolute atomic E-state index is 14.7. The smallest absolute Gasteiger partial charge is 0.237 e. The van der Waals surface area contributed by atoms with Gasteiger partial charge in [-0.25, -0.2) is 8.78 Å². The number of nitrogens with one attached hydrogen (secondary N) is 1. The van der Waals surface area contributed by atoms with Gasteiger partial charge >= 0.3 is 0 Å². The number of hydrogen-bond acceptors (Lipinski definition) is 2. The van der Waals surface area contributed by atoms with E-state index in [-0.39, 0.29) is 24.1 Å². The number of halogens is 3. The van der Waals surface area contributed by atoms with Crippen molar-refractivity contribution < 1.29 is 13.6 Å². The van der Waals surface area contributed by atoms with Crippen LogP contribution >= 0.6 is 12.4 Å². The molecule has 0 aliphatic carbocycles. The number of anilines is 1. The Bertz CT molecular complexity index is 810. The van der Waals surface area contributed by atoms with Crippen LogP contribution in [0.1, 0.15) is 37.4 Å². The quantitative estimate of drug-likeness (QED) is 0.835. The lowest BCUT2D eigenvalue weighted by Gasteiger charge is -2.30. The van der Waals surface area contributed by atoms with Gasteiger partial charge in [0.1, 0.15) is 11.6 Å². The predicted octanol–water partition coefficient (Wildman–Crippen LogP) is 4.36. The molecule has 1 N–H and O–H groups in total. The summed E-state index contributed by atoms with van der Waals surface area (Å²) in [5.74, 6) is -0.966. The first-order valence-corrected chi connectivity index (χ1v) is 8.40. The summed E-state index contributed by atoms with van der Waals surface area (Å²) in [5.41, 5.74) is 0.824. The number of carbonyl (C=O) groups is 1. The molecule has 0 fully saturated rings. The Morgan fingerprint density at radius 1 is 1.15 bits per heavy atom. The number of hydrogen-bond donors (Lipinski definition) is 1. The Morgan fingerprint density at radius 3 is 2.50 bits per heavy atom. The molecule has 1 aliphatic rings. The molecule has 0 radical (unpaired) electrons. The van der Waals surface area contributed by atoms with Gasteiger partial charge in [0.15, 0.2) is 0 Å². The molecule has 1 aliphatic heterocycles. The van der Waals surface area contributed by atoms with Gasteiger partial charge in [0.05, 0.1) is 17.1 Å². The molecule has 0 spiro atoms. The first-order chi connectivity index (χ1) is 11.9. The highest BCUT2D eigenvalue weighted by molar-refractivity contribution is 6.08. The molecule has 0 saturated heterocycles. The SMILES string of the molecule is CNCC[C@@H](c1cccc(F)c1)N1C(=O)C(C)(C)c2cccc(F)c21.Cl. The van der Waals surface area contributed by atoms with Crippen LogP contribution in [0.5, 0.6) is 0 Å². The van der Waals surface area contributed by atoms with Gasteiger partial charge in [-0.15, -0.1) is 12.4 Å². The number of nitrogens with zero attached hydrogens (tertiary/aromatic N) is 1. The topological polar surface area (TPSA) is 32.3 Å². The molecule has 3 rings (SSSR count). The highest BCUT2D eigenvalue weighted by Crippen LogP contribution is 2.47. The lowest BCUT2D eigenvalue weighted by Crippen LogP contribution is -2.39. The van der Waals surface area contributed by atoms with Gasteiger partial charge in [0.2, 0.25) is 5.91 Å². The second-order valence-corrected chi connectivity index (χ2v) is 6.90. The van der Waals surface area contributed by atoms with Crippen molar-refractivity contribution in [2.45, 2.75) is 31.7 Å². The van der Waals surface area contributed by atoms with Crippen molar-refractivity contribution in [3.8, 4) is 0 Å². The molecular formula is C20H23ClF2N2O. The summed E-state index contributed by atoms with van der Waals surface area (Å²) < 4.78 is 28.4. The molecule has 1 atom stereocenters. The first-order valence-electron chi connectivity index (χ1n) is 8.40. The normalized spacial score (nSPS) is 16.2. The molecule has 3 nitrogen and oxygen atoms in total. The minimum Gasteiger partial charge on any atom is -0.320 e. The highest BCUT2D eigenvalue weighted by atomic mass is 35.5. The summed E-state index contributed by atoms with van der Waals surface area (Å²) >= 11 is 0. The van der Waals surface area contributed by atoms with E-state index in [1.54, 1.807) is 38.1 Å². The lowest BCUT2D eigenvalue weighted by molar-refractivity contribution is -0.122. The Kier molecular flexibility index (Phi) is 6.04. The molecule has 1 heterocycles. The van der Waals surface area contributed by atoms with Crippen LogP contribution < -0.4 is 10.2 Å². The predicted molar refractivity (Wildman–Crippen MR) is 102 cm³/mol. The van der Waals surface area contributed by atoms with Gasteiger partial charge < -0.3 is 10.2 Å². The van der Waals surface area contributed by atoms with Gasteiger partial charge in [0, 0.05) is 0 Å². The van der Waals surface area contributed by atoms with Gasteiger partial charge in [-0.1, -0.05) is 24.3 Å². The van der Waals surface area contributed by atoms with E-state index in [0.29, 0.717) is 29.8 Å². The Labute approximate surface area is 158 Å². The van der Waals surface area contributed by atoms with E-state index < -0.39 is 17.3 Å². The molecule has 0 aromatic heterocycles. The van der Waals surface area contributed by atoms with Crippen LogP contribution in [0.2, 0.25) is 0 Å². The lowest BCUT2D eigenvalue weighted by atomic mass is 9.86. The Balaban J connectivity index is 0.00000243. The second-order valence-electron chi connectivity index (χ2n) is 6.90. The zero-order chi connectivity index (χ0) is 18.2. The zero-order valence-electron chi connectivity index (χ0n) is 15.1. The van der Waals surface area contributed by atoms with Crippen molar-refractivity contribution in [1.29, 1.82) is 0 Å². The van der Waals surface area contributed by atoms with E-state index in [9.17, 15) is 13.6 Å². The number of para-hydroxylation sites is 1. The van der Waals surface area contributed by atoms with Crippen molar-refractivity contribution in [3.05, 3.63) is 65.2 Å². The van der Waals surface area contributed by atoms with Crippen LogP contribution in [0.15, 0.2) is 42.5 Å². The molecule has 1 amide bonds.